The van der Waals surface area contributed by atoms with E-state index in [1.807, 2.05) is 11.8 Å². The van der Waals surface area contributed by atoms with Gasteiger partial charge in [0.15, 0.2) is 0 Å². The lowest BCUT2D eigenvalue weighted by molar-refractivity contribution is -0.121. The Kier molecular flexibility index (Phi) is 18.1. The number of amides is 2. The van der Waals surface area contributed by atoms with E-state index >= 15 is 0 Å². The number of nitrogens with one attached hydrogen (secondary N) is 2. The van der Waals surface area contributed by atoms with Crippen molar-refractivity contribution in [3.8, 4) is 0 Å². The second-order valence-corrected chi connectivity index (χ2v) is 8.56. The molecule has 2 amide bonds. The lowest BCUT2D eigenvalue weighted by Gasteiger charge is -2.24. The predicted octanol–water partition coefficient (Wildman–Crippen LogP) is 4.00. The van der Waals surface area contributed by atoms with Gasteiger partial charge in [-0.15, -0.1) is 0 Å². The van der Waals surface area contributed by atoms with Gasteiger partial charge in [0, 0.05) is 37.7 Å². The Labute approximate surface area is 171 Å². The van der Waals surface area contributed by atoms with Gasteiger partial charge in [-0.3, -0.25) is 9.59 Å². The zero-order chi connectivity index (χ0) is 20.3. The van der Waals surface area contributed by atoms with Gasteiger partial charge in [0.05, 0.1) is 0 Å². The molecular formula is C21H43N3O2S. The molecule has 0 aliphatic rings. The first kappa shape index (κ1) is 26.2. The van der Waals surface area contributed by atoms with Crippen molar-refractivity contribution in [1.82, 2.24) is 10.6 Å². The van der Waals surface area contributed by atoms with Crippen LogP contribution in [0.25, 0.3) is 0 Å². The summed E-state index contributed by atoms with van der Waals surface area (Å²) < 4.78 is 0. The molecule has 0 aliphatic heterocycles. The molecule has 6 heteroatoms. The number of hydrogen-bond acceptors (Lipinski definition) is 4. The first-order valence-corrected chi connectivity index (χ1v) is 12.0. The maximum atomic E-state index is 11.6. The third-order valence-corrected chi connectivity index (χ3v) is 5.90. The second-order valence-electron chi connectivity index (χ2n) is 7.41. The van der Waals surface area contributed by atoms with E-state index in [2.05, 4.69) is 24.5 Å². The van der Waals surface area contributed by atoms with Gasteiger partial charge in [0.1, 0.15) is 0 Å². The van der Waals surface area contributed by atoms with Crippen LogP contribution in [0.4, 0.5) is 0 Å². The van der Waals surface area contributed by atoms with E-state index in [-0.39, 0.29) is 23.9 Å². The molecule has 0 radical (unpaired) electrons. The summed E-state index contributed by atoms with van der Waals surface area (Å²) in [5.41, 5.74) is 6.29. The highest BCUT2D eigenvalue weighted by molar-refractivity contribution is 7.99. The quantitative estimate of drug-likeness (QED) is 0.303. The average Bonchev–Trinajstić information content (AvgIpc) is 2.62. The smallest absolute Gasteiger partial charge is 0.219 e. The monoisotopic (exact) mass is 401 g/mol. The summed E-state index contributed by atoms with van der Waals surface area (Å²) in [5, 5.41) is 5.99. The SMILES string of the molecule is CCCCNC(=O)CCCCCCCC[C@@H](NC(C)=O)[C@@H](N)CSCCC. The van der Waals surface area contributed by atoms with E-state index in [1.165, 1.54) is 12.8 Å². The first-order chi connectivity index (χ1) is 13.0. The molecule has 0 aliphatic carbocycles. The van der Waals surface area contributed by atoms with Gasteiger partial charge >= 0.3 is 0 Å². The summed E-state index contributed by atoms with van der Waals surface area (Å²) in [6.07, 6.45) is 11.6. The predicted molar refractivity (Wildman–Crippen MR) is 118 cm³/mol. The molecule has 0 spiro atoms. The van der Waals surface area contributed by atoms with Crippen LogP contribution in [0.2, 0.25) is 0 Å². The second kappa shape index (κ2) is 18.6. The van der Waals surface area contributed by atoms with Gasteiger partial charge in [-0.25, -0.2) is 0 Å². The van der Waals surface area contributed by atoms with E-state index < -0.39 is 0 Å². The summed E-state index contributed by atoms with van der Waals surface area (Å²) in [4.78, 5) is 23.0. The van der Waals surface area contributed by atoms with Crippen LogP contribution in [0.5, 0.6) is 0 Å². The Hall–Kier alpha value is -0.750. The average molecular weight is 402 g/mol. The molecule has 0 heterocycles. The molecule has 27 heavy (non-hydrogen) atoms. The minimum atomic E-state index is 0.00755. The van der Waals surface area contributed by atoms with Crippen LogP contribution in [-0.2, 0) is 9.59 Å². The van der Waals surface area contributed by atoms with E-state index in [4.69, 9.17) is 5.73 Å². The largest absolute Gasteiger partial charge is 0.356 e. The molecule has 0 aromatic carbocycles. The van der Waals surface area contributed by atoms with Crippen LogP contribution in [0.15, 0.2) is 0 Å². The van der Waals surface area contributed by atoms with E-state index in [9.17, 15) is 9.59 Å². The summed E-state index contributed by atoms with van der Waals surface area (Å²) >= 11 is 1.87. The number of rotatable bonds is 18. The van der Waals surface area contributed by atoms with Crippen LogP contribution in [0.3, 0.4) is 0 Å². The van der Waals surface area contributed by atoms with E-state index in [1.54, 1.807) is 6.92 Å². The third-order valence-electron chi connectivity index (χ3n) is 4.59. The van der Waals surface area contributed by atoms with Crippen molar-refractivity contribution in [1.29, 1.82) is 0 Å². The summed E-state index contributed by atoms with van der Waals surface area (Å²) in [7, 11) is 0. The molecule has 0 unspecified atom stereocenters. The number of nitrogens with two attached hydrogens (primary N) is 1. The fraction of sp³-hybridized carbons (Fsp3) is 0.905. The molecule has 0 aromatic rings. The van der Waals surface area contributed by atoms with E-state index in [0.29, 0.717) is 6.42 Å². The van der Waals surface area contributed by atoms with Gasteiger partial charge in [0.2, 0.25) is 11.8 Å². The first-order valence-electron chi connectivity index (χ1n) is 10.9. The van der Waals surface area contributed by atoms with Crippen LogP contribution >= 0.6 is 11.8 Å². The third kappa shape index (κ3) is 17.1. The van der Waals surface area contributed by atoms with Crippen LogP contribution in [0.1, 0.15) is 91.4 Å². The number of unbranched alkanes of at least 4 members (excludes halogenated alkanes) is 6. The number of carbonyl (C=O) groups is 2. The van der Waals surface area contributed by atoms with E-state index in [0.717, 1.165) is 69.4 Å². The van der Waals surface area contributed by atoms with Crippen LogP contribution in [0, 0.1) is 0 Å². The Bertz CT molecular complexity index is 380. The summed E-state index contributed by atoms with van der Waals surface area (Å²) in [6.45, 7) is 6.67. The molecular weight excluding hydrogens is 358 g/mol. The molecule has 160 valence electrons. The summed E-state index contributed by atoms with van der Waals surface area (Å²) in [5.74, 6) is 2.22. The molecule has 0 fully saturated rings. The molecule has 4 N–H and O–H groups in total. The van der Waals surface area contributed by atoms with Gasteiger partial charge in [-0.2, -0.15) is 11.8 Å². The van der Waals surface area contributed by atoms with Crippen LogP contribution in [-0.4, -0.2) is 41.9 Å². The van der Waals surface area contributed by atoms with Crippen molar-refractivity contribution in [3.63, 3.8) is 0 Å². The minimum Gasteiger partial charge on any atom is -0.356 e. The molecule has 0 rings (SSSR count). The highest BCUT2D eigenvalue weighted by Gasteiger charge is 2.18. The molecule has 0 saturated heterocycles. The van der Waals surface area contributed by atoms with Crippen molar-refractivity contribution in [2.24, 2.45) is 5.73 Å². The fourth-order valence-electron chi connectivity index (χ4n) is 2.98. The number of thioether (sulfide) groups is 1. The fourth-order valence-corrected chi connectivity index (χ4v) is 3.94. The Morgan fingerprint density at radius 2 is 1.63 bits per heavy atom. The number of hydrogen-bond donors (Lipinski definition) is 3. The Balaban J connectivity index is 3.75. The maximum Gasteiger partial charge on any atom is 0.219 e. The molecule has 0 saturated carbocycles. The minimum absolute atomic E-state index is 0.00755. The lowest BCUT2D eigenvalue weighted by atomic mass is 10.0. The molecule has 0 aromatic heterocycles. The number of carbonyl (C=O) groups excluding carboxylic acids is 2. The zero-order valence-corrected chi connectivity index (χ0v) is 18.7. The van der Waals surface area contributed by atoms with Crippen molar-refractivity contribution in [2.75, 3.05) is 18.1 Å². The molecule has 0 bridgehead atoms. The Morgan fingerprint density at radius 3 is 2.26 bits per heavy atom. The van der Waals surface area contributed by atoms with Crippen molar-refractivity contribution in [2.45, 2.75) is 103 Å². The van der Waals surface area contributed by atoms with Gasteiger partial charge in [-0.1, -0.05) is 52.4 Å². The highest BCUT2D eigenvalue weighted by Crippen LogP contribution is 2.13. The lowest BCUT2D eigenvalue weighted by Crippen LogP contribution is -2.48. The van der Waals surface area contributed by atoms with Crippen molar-refractivity contribution in [3.05, 3.63) is 0 Å². The normalized spacial score (nSPS) is 13.2. The van der Waals surface area contributed by atoms with Crippen LogP contribution < -0.4 is 16.4 Å². The molecule has 2 atom stereocenters. The summed E-state index contributed by atoms with van der Waals surface area (Å²) in [6, 6.07) is 0.107. The maximum absolute atomic E-state index is 11.6. The Morgan fingerprint density at radius 1 is 0.963 bits per heavy atom. The van der Waals surface area contributed by atoms with Crippen molar-refractivity contribution >= 4 is 23.6 Å². The topological polar surface area (TPSA) is 84.2 Å². The molecule has 5 nitrogen and oxygen atoms in total. The standard InChI is InChI=1S/C21H43N3O2S/c1-4-6-15-23-21(26)14-12-10-8-7-9-11-13-20(24-18(3)25)19(22)17-27-16-5-2/h19-20H,4-17,22H2,1-3H3,(H,23,26)(H,24,25)/t19-,20+/m0/s1. The highest BCUT2D eigenvalue weighted by atomic mass is 32.2. The zero-order valence-electron chi connectivity index (χ0n) is 17.9. The van der Waals surface area contributed by atoms with Gasteiger partial charge in [0.25, 0.3) is 0 Å². The van der Waals surface area contributed by atoms with Gasteiger partial charge in [-0.05, 0) is 31.4 Å². The van der Waals surface area contributed by atoms with Gasteiger partial charge < -0.3 is 16.4 Å². The van der Waals surface area contributed by atoms with Crippen molar-refractivity contribution < 1.29 is 9.59 Å².